The first-order valence-corrected chi connectivity index (χ1v) is 9.41. The Morgan fingerprint density at radius 2 is 2.00 bits per heavy atom. The third-order valence-corrected chi connectivity index (χ3v) is 6.20. The molecule has 3 rings (SSSR count). The Morgan fingerprint density at radius 3 is 2.64 bits per heavy atom. The summed E-state index contributed by atoms with van der Waals surface area (Å²) >= 11 is 4.96. The van der Waals surface area contributed by atoms with Crippen LogP contribution in [0, 0.1) is 51.1 Å². The first-order valence-electron chi connectivity index (χ1n) is 7.46. The lowest BCUT2D eigenvalue weighted by molar-refractivity contribution is 0.461. The standard InChI is InChI=1S/C18H12BrFN4S/c19-10-1-2-15(20)11(5-10)16-12(6-21)17(24)18(8-22,9-23)14-3-4-25-7-13(14)16/h1-3,5,13,16H,4,7,24H2/t13-,16+/m1/s1. The zero-order chi connectivity index (χ0) is 18.2. The van der Waals surface area contributed by atoms with Gasteiger partial charge in [-0.2, -0.15) is 27.5 Å². The van der Waals surface area contributed by atoms with E-state index in [9.17, 15) is 20.2 Å². The molecular weight excluding hydrogens is 403 g/mol. The van der Waals surface area contributed by atoms with Crippen LogP contribution in [0.15, 0.2) is 45.6 Å². The van der Waals surface area contributed by atoms with Gasteiger partial charge in [0.1, 0.15) is 5.82 Å². The molecule has 0 fully saturated rings. The van der Waals surface area contributed by atoms with Crippen molar-refractivity contribution in [3.8, 4) is 18.2 Å². The van der Waals surface area contributed by atoms with Gasteiger partial charge in [-0.15, -0.1) is 0 Å². The van der Waals surface area contributed by atoms with E-state index in [4.69, 9.17) is 5.73 Å². The zero-order valence-corrected chi connectivity index (χ0v) is 15.4. The molecule has 0 radical (unpaired) electrons. The number of nitrogens with zero attached hydrogens (tertiary/aromatic N) is 3. The fourth-order valence-electron chi connectivity index (χ4n) is 3.55. The van der Waals surface area contributed by atoms with Gasteiger partial charge in [-0.3, -0.25) is 0 Å². The molecule has 2 N–H and O–H groups in total. The summed E-state index contributed by atoms with van der Waals surface area (Å²) < 4.78 is 15.2. The van der Waals surface area contributed by atoms with Gasteiger partial charge in [-0.25, -0.2) is 4.39 Å². The van der Waals surface area contributed by atoms with Crippen LogP contribution in [0.2, 0.25) is 0 Å². The van der Waals surface area contributed by atoms with Crippen LogP contribution in [0.25, 0.3) is 0 Å². The van der Waals surface area contributed by atoms with E-state index in [0.717, 1.165) is 0 Å². The SMILES string of the molecule is N#CC1=C(N)C(C#N)(C#N)C2=CCSC[C@H]2[C@H]1c1cc(Br)ccc1F. The number of fused-ring (bicyclic) bond motifs is 1. The van der Waals surface area contributed by atoms with Crippen LogP contribution in [0.4, 0.5) is 4.39 Å². The van der Waals surface area contributed by atoms with Crippen LogP contribution in [0.1, 0.15) is 11.5 Å². The Balaban J connectivity index is 2.35. The summed E-state index contributed by atoms with van der Waals surface area (Å²) in [6, 6.07) is 10.6. The van der Waals surface area contributed by atoms with Gasteiger partial charge in [0.15, 0.2) is 0 Å². The van der Waals surface area contributed by atoms with E-state index in [1.54, 1.807) is 23.9 Å². The first kappa shape index (κ1) is 17.5. The Labute approximate surface area is 157 Å². The fraction of sp³-hybridized carbons (Fsp3) is 0.278. The number of thioether (sulfide) groups is 1. The highest BCUT2D eigenvalue weighted by atomic mass is 79.9. The monoisotopic (exact) mass is 414 g/mol. The van der Waals surface area contributed by atoms with Gasteiger partial charge < -0.3 is 5.73 Å². The van der Waals surface area contributed by atoms with Gasteiger partial charge >= 0.3 is 0 Å². The van der Waals surface area contributed by atoms with Crippen molar-refractivity contribution >= 4 is 27.7 Å². The number of nitrogens with two attached hydrogens (primary N) is 1. The van der Waals surface area contributed by atoms with Gasteiger partial charge in [-0.1, -0.05) is 22.0 Å². The Hall–Kier alpha value is -2.27. The van der Waals surface area contributed by atoms with Gasteiger partial charge in [0.05, 0.1) is 29.5 Å². The molecule has 4 nitrogen and oxygen atoms in total. The van der Waals surface area contributed by atoms with Gasteiger partial charge in [0, 0.05) is 27.8 Å². The molecule has 2 aliphatic rings. The van der Waals surface area contributed by atoms with Crippen molar-refractivity contribution in [1.29, 1.82) is 15.8 Å². The largest absolute Gasteiger partial charge is 0.399 e. The summed E-state index contributed by atoms with van der Waals surface area (Å²) in [5.41, 5.74) is 5.43. The maximum atomic E-state index is 14.6. The van der Waals surface area contributed by atoms with Crippen LogP contribution in [0.3, 0.4) is 0 Å². The van der Waals surface area contributed by atoms with Crippen LogP contribution in [0.5, 0.6) is 0 Å². The number of hydrogen-bond acceptors (Lipinski definition) is 5. The molecule has 1 heterocycles. The summed E-state index contributed by atoms with van der Waals surface area (Å²) in [6.45, 7) is 0. The molecule has 0 saturated carbocycles. The van der Waals surface area contributed by atoms with Crippen molar-refractivity contribution in [3.63, 3.8) is 0 Å². The van der Waals surface area contributed by atoms with E-state index in [1.807, 2.05) is 24.3 Å². The predicted octanol–water partition coefficient (Wildman–Crippen LogP) is 3.74. The number of allylic oxidation sites excluding steroid dienone is 2. The second-order valence-electron chi connectivity index (χ2n) is 5.86. The number of rotatable bonds is 1. The van der Waals surface area contributed by atoms with Gasteiger partial charge in [0.2, 0.25) is 5.41 Å². The lowest BCUT2D eigenvalue weighted by Gasteiger charge is -2.42. The lowest BCUT2D eigenvalue weighted by atomic mass is 9.61. The number of nitriles is 3. The highest BCUT2D eigenvalue weighted by Gasteiger charge is 2.52. The normalized spacial score (nSPS) is 24.4. The summed E-state index contributed by atoms with van der Waals surface area (Å²) in [4.78, 5) is 0. The van der Waals surface area contributed by atoms with E-state index < -0.39 is 17.2 Å². The maximum Gasteiger partial charge on any atom is 0.204 e. The smallest absolute Gasteiger partial charge is 0.204 e. The summed E-state index contributed by atoms with van der Waals surface area (Å²) in [7, 11) is 0. The minimum absolute atomic E-state index is 0.0845. The highest BCUT2D eigenvalue weighted by Crippen LogP contribution is 2.54. The van der Waals surface area contributed by atoms with Gasteiger partial charge in [-0.05, 0) is 29.3 Å². The molecule has 0 amide bonds. The Kier molecular flexibility index (Phi) is 4.60. The maximum absolute atomic E-state index is 14.6. The molecule has 2 atom stereocenters. The molecule has 124 valence electrons. The van der Waals surface area contributed by atoms with E-state index in [-0.39, 0.29) is 17.2 Å². The summed E-state index contributed by atoms with van der Waals surface area (Å²) in [5.74, 6) is -0.142. The topological polar surface area (TPSA) is 97.4 Å². The second kappa shape index (κ2) is 6.56. The second-order valence-corrected chi connectivity index (χ2v) is 7.85. The van der Waals surface area contributed by atoms with E-state index >= 15 is 0 Å². The number of benzene rings is 1. The Bertz CT molecular complexity index is 918. The fourth-order valence-corrected chi connectivity index (χ4v) is 4.99. The van der Waals surface area contributed by atoms with Crippen molar-refractivity contribution < 1.29 is 4.39 Å². The molecule has 0 unspecified atom stereocenters. The highest BCUT2D eigenvalue weighted by molar-refractivity contribution is 9.10. The zero-order valence-electron chi connectivity index (χ0n) is 13.0. The summed E-state index contributed by atoms with van der Waals surface area (Å²) in [5, 5.41) is 29.1. The van der Waals surface area contributed by atoms with Crippen molar-refractivity contribution in [2.24, 2.45) is 17.1 Å². The molecular formula is C18H12BrFN4S. The number of hydrogen-bond donors (Lipinski definition) is 1. The molecule has 1 aromatic rings. The van der Waals surface area contributed by atoms with Crippen molar-refractivity contribution in [2.45, 2.75) is 5.92 Å². The minimum atomic E-state index is -1.66. The van der Waals surface area contributed by atoms with Crippen molar-refractivity contribution in [1.82, 2.24) is 0 Å². The average molecular weight is 415 g/mol. The first-order chi connectivity index (χ1) is 12.0. The predicted molar refractivity (Wildman–Crippen MR) is 96.2 cm³/mol. The molecule has 0 saturated heterocycles. The van der Waals surface area contributed by atoms with E-state index in [0.29, 0.717) is 27.1 Å². The number of halogens is 2. The van der Waals surface area contributed by atoms with Crippen LogP contribution in [-0.4, -0.2) is 11.5 Å². The molecule has 7 heteroatoms. The minimum Gasteiger partial charge on any atom is -0.399 e. The molecule has 0 bridgehead atoms. The summed E-state index contributed by atoms with van der Waals surface area (Å²) in [6.07, 6.45) is 1.83. The van der Waals surface area contributed by atoms with Crippen molar-refractivity contribution in [3.05, 3.63) is 57.0 Å². The van der Waals surface area contributed by atoms with E-state index in [2.05, 4.69) is 15.9 Å². The van der Waals surface area contributed by atoms with Crippen LogP contribution >= 0.6 is 27.7 Å². The molecule has 1 aliphatic carbocycles. The molecule has 0 aromatic heterocycles. The van der Waals surface area contributed by atoms with E-state index in [1.165, 1.54) is 6.07 Å². The molecule has 1 aromatic carbocycles. The third kappa shape index (κ3) is 2.54. The third-order valence-electron chi connectivity index (χ3n) is 4.71. The van der Waals surface area contributed by atoms with Crippen LogP contribution in [-0.2, 0) is 0 Å². The van der Waals surface area contributed by atoms with Crippen LogP contribution < -0.4 is 5.73 Å². The van der Waals surface area contributed by atoms with Gasteiger partial charge in [0.25, 0.3) is 0 Å². The van der Waals surface area contributed by atoms with Crippen molar-refractivity contribution in [2.75, 3.05) is 11.5 Å². The quantitative estimate of drug-likeness (QED) is 0.705. The Morgan fingerprint density at radius 1 is 1.28 bits per heavy atom. The molecule has 25 heavy (non-hydrogen) atoms. The molecule has 1 aliphatic heterocycles. The average Bonchev–Trinajstić information content (AvgIpc) is 2.63. The lowest BCUT2D eigenvalue weighted by Crippen LogP contribution is -2.42. The molecule has 0 spiro atoms.